The van der Waals surface area contributed by atoms with Crippen LogP contribution >= 0.6 is 0 Å². The molecule has 0 radical (unpaired) electrons. The van der Waals surface area contributed by atoms with Gasteiger partial charge in [0.15, 0.2) is 0 Å². The SMILES string of the molecule is CCOC(=O)c1[nH]c(NC(=O)CN2CCCCC2)c(C#N)c1C. The fourth-order valence-electron chi connectivity index (χ4n) is 2.73. The Morgan fingerprint density at radius 1 is 1.35 bits per heavy atom. The third-order valence-electron chi connectivity index (χ3n) is 3.92. The lowest BCUT2D eigenvalue weighted by atomic mass is 10.1. The largest absolute Gasteiger partial charge is 0.461 e. The zero-order valence-electron chi connectivity index (χ0n) is 13.6. The van der Waals surface area contributed by atoms with Crippen molar-refractivity contribution < 1.29 is 14.3 Å². The molecule has 2 N–H and O–H groups in total. The van der Waals surface area contributed by atoms with Gasteiger partial charge in [0.1, 0.15) is 17.6 Å². The Kier molecular flexibility index (Phi) is 5.77. The van der Waals surface area contributed by atoms with E-state index in [4.69, 9.17) is 4.74 Å². The van der Waals surface area contributed by atoms with E-state index in [2.05, 4.69) is 15.2 Å². The number of hydrogen-bond acceptors (Lipinski definition) is 5. The van der Waals surface area contributed by atoms with Crippen molar-refractivity contribution in [2.75, 3.05) is 31.6 Å². The van der Waals surface area contributed by atoms with Crippen LogP contribution in [0, 0.1) is 18.3 Å². The van der Waals surface area contributed by atoms with Crippen LogP contribution in [0.1, 0.15) is 47.8 Å². The highest BCUT2D eigenvalue weighted by Crippen LogP contribution is 2.22. The number of nitrogens with one attached hydrogen (secondary N) is 2. The molecule has 0 spiro atoms. The van der Waals surface area contributed by atoms with E-state index in [1.54, 1.807) is 13.8 Å². The molecule has 0 aromatic carbocycles. The lowest BCUT2D eigenvalue weighted by molar-refractivity contribution is -0.117. The van der Waals surface area contributed by atoms with Gasteiger partial charge in [0.25, 0.3) is 0 Å². The van der Waals surface area contributed by atoms with Crippen LogP contribution in [0.15, 0.2) is 0 Å². The van der Waals surface area contributed by atoms with Crippen molar-refractivity contribution in [1.82, 2.24) is 9.88 Å². The van der Waals surface area contributed by atoms with Gasteiger partial charge < -0.3 is 15.0 Å². The number of H-pyrrole nitrogens is 1. The number of nitrogens with zero attached hydrogens (tertiary/aromatic N) is 2. The van der Waals surface area contributed by atoms with E-state index in [1.807, 2.05) is 6.07 Å². The van der Waals surface area contributed by atoms with Crippen LogP contribution in [0.5, 0.6) is 0 Å². The lowest BCUT2D eigenvalue weighted by Crippen LogP contribution is -2.37. The molecule has 23 heavy (non-hydrogen) atoms. The van der Waals surface area contributed by atoms with Crippen LogP contribution in [-0.4, -0.2) is 48.0 Å². The molecule has 0 atom stereocenters. The second kappa shape index (κ2) is 7.79. The molecule has 1 aliphatic heterocycles. The summed E-state index contributed by atoms with van der Waals surface area (Å²) in [6.07, 6.45) is 3.41. The van der Waals surface area contributed by atoms with Crippen molar-refractivity contribution in [3.8, 4) is 6.07 Å². The number of anilines is 1. The lowest BCUT2D eigenvalue weighted by Gasteiger charge is -2.25. The van der Waals surface area contributed by atoms with E-state index in [0.717, 1.165) is 25.9 Å². The predicted molar refractivity (Wildman–Crippen MR) is 85.1 cm³/mol. The molecule has 1 aliphatic rings. The number of rotatable bonds is 5. The van der Waals surface area contributed by atoms with Crippen molar-refractivity contribution in [2.45, 2.75) is 33.1 Å². The van der Waals surface area contributed by atoms with Crippen molar-refractivity contribution in [3.63, 3.8) is 0 Å². The number of nitriles is 1. The van der Waals surface area contributed by atoms with E-state index in [1.165, 1.54) is 6.42 Å². The molecule has 7 heteroatoms. The summed E-state index contributed by atoms with van der Waals surface area (Å²) in [4.78, 5) is 28.9. The van der Waals surface area contributed by atoms with Gasteiger partial charge in [0.2, 0.25) is 5.91 Å². The number of carbonyl (C=O) groups excluding carboxylic acids is 2. The van der Waals surface area contributed by atoms with Crippen LogP contribution < -0.4 is 5.32 Å². The Morgan fingerprint density at radius 2 is 2.04 bits per heavy atom. The number of piperidine rings is 1. The number of ether oxygens (including phenoxy) is 1. The van der Waals surface area contributed by atoms with Gasteiger partial charge in [-0.2, -0.15) is 5.26 Å². The highest BCUT2D eigenvalue weighted by atomic mass is 16.5. The summed E-state index contributed by atoms with van der Waals surface area (Å²) in [5, 5.41) is 12.0. The second-order valence-corrected chi connectivity index (χ2v) is 5.59. The van der Waals surface area contributed by atoms with Crippen LogP contribution in [0.3, 0.4) is 0 Å². The van der Waals surface area contributed by atoms with Gasteiger partial charge in [-0.25, -0.2) is 4.79 Å². The van der Waals surface area contributed by atoms with E-state index in [0.29, 0.717) is 5.56 Å². The van der Waals surface area contributed by atoms with Crippen molar-refractivity contribution in [1.29, 1.82) is 5.26 Å². The fourth-order valence-corrected chi connectivity index (χ4v) is 2.73. The van der Waals surface area contributed by atoms with Gasteiger partial charge in [0, 0.05) is 5.56 Å². The van der Waals surface area contributed by atoms with Crippen LogP contribution in [-0.2, 0) is 9.53 Å². The standard InChI is InChI=1S/C16H22N4O3/c1-3-23-16(22)14-11(2)12(9-17)15(19-14)18-13(21)10-20-7-5-4-6-8-20/h19H,3-8,10H2,1-2H3,(H,18,21). The zero-order chi connectivity index (χ0) is 16.8. The van der Waals surface area contributed by atoms with Gasteiger partial charge in [-0.05, 0) is 39.8 Å². The maximum atomic E-state index is 12.2. The van der Waals surface area contributed by atoms with Gasteiger partial charge in [-0.15, -0.1) is 0 Å². The quantitative estimate of drug-likeness (QED) is 0.807. The molecule has 2 heterocycles. The molecule has 1 aromatic rings. The van der Waals surface area contributed by atoms with Crippen LogP contribution in [0.2, 0.25) is 0 Å². The maximum absolute atomic E-state index is 12.2. The fraction of sp³-hybridized carbons (Fsp3) is 0.562. The Bertz CT molecular complexity index is 624. The van der Waals surface area contributed by atoms with Gasteiger partial charge >= 0.3 is 5.97 Å². The number of aromatic nitrogens is 1. The molecule has 1 fully saturated rings. The Labute approximate surface area is 135 Å². The molecule has 7 nitrogen and oxygen atoms in total. The summed E-state index contributed by atoms with van der Waals surface area (Å²) >= 11 is 0. The van der Waals surface area contributed by atoms with Crippen molar-refractivity contribution in [2.24, 2.45) is 0 Å². The van der Waals surface area contributed by atoms with Crippen LogP contribution in [0.25, 0.3) is 0 Å². The third-order valence-corrected chi connectivity index (χ3v) is 3.92. The third kappa shape index (κ3) is 4.11. The molecule has 2 rings (SSSR count). The minimum atomic E-state index is -0.530. The van der Waals surface area contributed by atoms with Crippen LogP contribution in [0.4, 0.5) is 5.82 Å². The molecule has 1 amide bonds. The monoisotopic (exact) mass is 318 g/mol. The topological polar surface area (TPSA) is 98.2 Å². The van der Waals surface area contributed by atoms with E-state index >= 15 is 0 Å². The molecule has 0 bridgehead atoms. The summed E-state index contributed by atoms with van der Waals surface area (Å²) in [6, 6.07) is 2.02. The highest BCUT2D eigenvalue weighted by molar-refractivity contribution is 5.96. The summed E-state index contributed by atoms with van der Waals surface area (Å²) < 4.78 is 4.95. The number of amides is 1. The minimum absolute atomic E-state index is 0.194. The first-order chi connectivity index (χ1) is 11.1. The highest BCUT2D eigenvalue weighted by Gasteiger charge is 2.22. The molecule has 1 aromatic heterocycles. The number of hydrogen-bond donors (Lipinski definition) is 2. The summed E-state index contributed by atoms with van der Waals surface area (Å²) in [6.45, 7) is 5.73. The Balaban J connectivity index is 2.09. The number of likely N-dealkylation sites (tertiary alicyclic amines) is 1. The summed E-state index contributed by atoms with van der Waals surface area (Å²) in [5.41, 5.74) is 0.955. The van der Waals surface area contributed by atoms with Crippen molar-refractivity contribution >= 4 is 17.7 Å². The van der Waals surface area contributed by atoms with E-state index in [-0.39, 0.29) is 36.1 Å². The molecular weight excluding hydrogens is 296 g/mol. The summed E-state index contributed by atoms with van der Waals surface area (Å²) in [5.74, 6) is -0.465. The first kappa shape index (κ1) is 17.0. The smallest absolute Gasteiger partial charge is 0.355 e. The van der Waals surface area contributed by atoms with Gasteiger partial charge in [-0.1, -0.05) is 6.42 Å². The van der Waals surface area contributed by atoms with E-state index < -0.39 is 5.97 Å². The second-order valence-electron chi connectivity index (χ2n) is 5.59. The average molecular weight is 318 g/mol. The maximum Gasteiger partial charge on any atom is 0.355 e. The first-order valence-electron chi connectivity index (χ1n) is 7.88. The molecule has 0 saturated carbocycles. The number of aromatic amines is 1. The minimum Gasteiger partial charge on any atom is -0.461 e. The number of carbonyl (C=O) groups is 2. The molecule has 0 unspecified atom stereocenters. The van der Waals surface area contributed by atoms with Gasteiger partial charge in [-0.3, -0.25) is 9.69 Å². The number of esters is 1. The summed E-state index contributed by atoms with van der Waals surface area (Å²) in [7, 11) is 0. The zero-order valence-corrected chi connectivity index (χ0v) is 13.6. The molecule has 1 saturated heterocycles. The molecular formula is C16H22N4O3. The molecule has 124 valence electrons. The predicted octanol–water partition coefficient (Wildman–Crippen LogP) is 1.80. The Hall–Kier alpha value is -2.33. The first-order valence-corrected chi connectivity index (χ1v) is 7.88. The molecule has 0 aliphatic carbocycles. The van der Waals surface area contributed by atoms with Gasteiger partial charge in [0.05, 0.1) is 18.7 Å². The average Bonchev–Trinajstić information content (AvgIpc) is 2.84. The Morgan fingerprint density at radius 3 is 2.65 bits per heavy atom. The van der Waals surface area contributed by atoms with Crippen molar-refractivity contribution in [3.05, 3.63) is 16.8 Å². The normalized spacial score (nSPS) is 15.0. The van der Waals surface area contributed by atoms with E-state index in [9.17, 15) is 14.9 Å².